The predicted octanol–water partition coefficient (Wildman–Crippen LogP) is 5.69. The summed E-state index contributed by atoms with van der Waals surface area (Å²) >= 11 is 5.06. The first-order chi connectivity index (χ1) is 9.65. The molecule has 100 valence electrons. The van der Waals surface area contributed by atoms with Crippen LogP contribution in [0.3, 0.4) is 0 Å². The van der Waals surface area contributed by atoms with E-state index >= 15 is 0 Å². The molecule has 0 saturated heterocycles. The van der Waals surface area contributed by atoms with Crippen molar-refractivity contribution < 1.29 is 4.39 Å². The summed E-state index contributed by atoms with van der Waals surface area (Å²) < 4.78 is 14.4. The number of hydrogen-bond acceptors (Lipinski definition) is 2. The molecule has 3 rings (SSSR count). The van der Waals surface area contributed by atoms with E-state index in [1.165, 1.54) is 23.5 Å². The van der Waals surface area contributed by atoms with Crippen LogP contribution in [0.1, 0.15) is 5.56 Å². The number of rotatable bonds is 2. The Bertz CT molecular complexity index is 767. The number of benzene rings is 2. The summed E-state index contributed by atoms with van der Waals surface area (Å²) in [5.74, 6) is -0.233. The van der Waals surface area contributed by atoms with E-state index in [-0.39, 0.29) is 5.82 Å². The maximum absolute atomic E-state index is 13.4. The van der Waals surface area contributed by atoms with E-state index in [1.54, 1.807) is 6.07 Å². The summed E-state index contributed by atoms with van der Waals surface area (Å²) in [6.07, 6.45) is 0. The zero-order valence-electron chi connectivity index (χ0n) is 10.7. The molecule has 0 fully saturated rings. The maximum Gasteiger partial charge on any atom is 0.124 e. The van der Waals surface area contributed by atoms with E-state index in [0.29, 0.717) is 0 Å². The Morgan fingerprint density at radius 2 is 1.90 bits per heavy atom. The molecule has 0 aliphatic rings. The zero-order chi connectivity index (χ0) is 14.1. The van der Waals surface area contributed by atoms with Crippen LogP contribution in [0.2, 0.25) is 0 Å². The fourth-order valence-electron chi connectivity index (χ4n) is 2.01. The number of nitrogens with zero attached hydrogens (tertiary/aromatic N) is 1. The van der Waals surface area contributed by atoms with Gasteiger partial charge in [0.2, 0.25) is 0 Å². The first kappa shape index (κ1) is 13.5. The summed E-state index contributed by atoms with van der Waals surface area (Å²) in [4.78, 5) is 4.64. The standard InChI is InChI=1S/C16H11BrFNS/c1-10-6-7-11(18)8-13(10)16-19-15(9-20-16)12-4-2-3-5-14(12)17/h2-9H,1H3. The highest BCUT2D eigenvalue weighted by Gasteiger charge is 2.11. The highest BCUT2D eigenvalue weighted by molar-refractivity contribution is 9.10. The minimum Gasteiger partial charge on any atom is -0.236 e. The number of aromatic nitrogens is 1. The van der Waals surface area contributed by atoms with Crippen molar-refractivity contribution in [2.45, 2.75) is 6.92 Å². The smallest absolute Gasteiger partial charge is 0.124 e. The SMILES string of the molecule is Cc1ccc(F)cc1-c1nc(-c2ccccc2Br)cs1. The Kier molecular flexibility index (Phi) is 3.68. The molecule has 20 heavy (non-hydrogen) atoms. The highest BCUT2D eigenvalue weighted by Crippen LogP contribution is 2.33. The van der Waals surface area contributed by atoms with Gasteiger partial charge in [-0.25, -0.2) is 9.37 Å². The van der Waals surface area contributed by atoms with Crippen LogP contribution in [-0.4, -0.2) is 4.98 Å². The van der Waals surface area contributed by atoms with Gasteiger partial charge in [0.15, 0.2) is 0 Å². The van der Waals surface area contributed by atoms with E-state index in [9.17, 15) is 4.39 Å². The van der Waals surface area contributed by atoms with Gasteiger partial charge in [0.1, 0.15) is 10.8 Å². The van der Waals surface area contributed by atoms with Gasteiger partial charge in [0, 0.05) is 21.0 Å². The van der Waals surface area contributed by atoms with Crippen molar-refractivity contribution in [1.29, 1.82) is 0 Å². The van der Waals surface area contributed by atoms with Crippen molar-refractivity contribution in [3.05, 3.63) is 63.7 Å². The Hall–Kier alpha value is -1.52. The molecule has 1 heterocycles. The van der Waals surface area contributed by atoms with Crippen molar-refractivity contribution in [3.8, 4) is 21.8 Å². The first-order valence-electron chi connectivity index (χ1n) is 6.12. The van der Waals surface area contributed by atoms with E-state index < -0.39 is 0 Å². The molecule has 0 unspecified atom stereocenters. The highest BCUT2D eigenvalue weighted by atomic mass is 79.9. The summed E-state index contributed by atoms with van der Waals surface area (Å²) in [5, 5.41) is 2.84. The minimum absolute atomic E-state index is 0.233. The molecule has 0 spiro atoms. The fraction of sp³-hybridized carbons (Fsp3) is 0.0625. The van der Waals surface area contributed by atoms with E-state index in [4.69, 9.17) is 0 Å². The third-order valence-corrected chi connectivity index (χ3v) is 4.65. The lowest BCUT2D eigenvalue weighted by molar-refractivity contribution is 0.628. The lowest BCUT2D eigenvalue weighted by Gasteiger charge is -2.02. The van der Waals surface area contributed by atoms with E-state index in [1.807, 2.05) is 36.6 Å². The second-order valence-electron chi connectivity index (χ2n) is 4.48. The van der Waals surface area contributed by atoms with Gasteiger partial charge >= 0.3 is 0 Å². The molecule has 4 heteroatoms. The lowest BCUT2D eigenvalue weighted by atomic mass is 10.1. The van der Waals surface area contributed by atoms with Crippen LogP contribution in [0, 0.1) is 12.7 Å². The first-order valence-corrected chi connectivity index (χ1v) is 7.79. The molecule has 0 atom stereocenters. The van der Waals surface area contributed by atoms with Crippen LogP contribution in [-0.2, 0) is 0 Å². The molecule has 0 saturated carbocycles. The average molecular weight is 348 g/mol. The third kappa shape index (κ3) is 2.53. The molecule has 0 aliphatic heterocycles. The summed E-state index contributed by atoms with van der Waals surface area (Å²) in [6, 6.07) is 12.7. The molecule has 1 aromatic heterocycles. The largest absolute Gasteiger partial charge is 0.236 e. The van der Waals surface area contributed by atoms with Crippen LogP contribution in [0.15, 0.2) is 52.3 Å². The minimum atomic E-state index is -0.233. The van der Waals surface area contributed by atoms with E-state index in [0.717, 1.165) is 31.9 Å². The van der Waals surface area contributed by atoms with Crippen LogP contribution < -0.4 is 0 Å². The Labute approximate surface area is 129 Å². The zero-order valence-corrected chi connectivity index (χ0v) is 13.1. The molecule has 0 amide bonds. The number of aryl methyl sites for hydroxylation is 1. The van der Waals surface area contributed by atoms with E-state index in [2.05, 4.69) is 20.9 Å². The number of halogens is 2. The monoisotopic (exact) mass is 347 g/mol. The van der Waals surface area contributed by atoms with Crippen molar-refractivity contribution in [2.75, 3.05) is 0 Å². The van der Waals surface area contributed by atoms with Gasteiger partial charge in [0.25, 0.3) is 0 Å². The van der Waals surface area contributed by atoms with Crippen LogP contribution in [0.5, 0.6) is 0 Å². The Morgan fingerprint density at radius 1 is 1.10 bits per heavy atom. The Morgan fingerprint density at radius 3 is 2.70 bits per heavy atom. The molecule has 1 nitrogen and oxygen atoms in total. The quantitative estimate of drug-likeness (QED) is 0.580. The average Bonchev–Trinajstić information content (AvgIpc) is 2.91. The number of hydrogen-bond donors (Lipinski definition) is 0. The van der Waals surface area contributed by atoms with Crippen LogP contribution in [0.25, 0.3) is 21.8 Å². The normalized spacial score (nSPS) is 10.8. The summed E-state index contributed by atoms with van der Waals surface area (Å²) in [7, 11) is 0. The van der Waals surface area contributed by atoms with Crippen LogP contribution >= 0.6 is 27.3 Å². The molecule has 0 bridgehead atoms. The second kappa shape index (κ2) is 5.46. The van der Waals surface area contributed by atoms with Crippen LogP contribution in [0.4, 0.5) is 4.39 Å². The molecule has 0 N–H and O–H groups in total. The van der Waals surface area contributed by atoms with Gasteiger partial charge < -0.3 is 0 Å². The molecule has 0 radical (unpaired) electrons. The predicted molar refractivity (Wildman–Crippen MR) is 85.4 cm³/mol. The molecular formula is C16H11BrFNS. The van der Waals surface area contributed by atoms with Gasteiger partial charge in [-0.15, -0.1) is 11.3 Å². The molecular weight excluding hydrogens is 337 g/mol. The fourth-order valence-corrected chi connectivity index (χ4v) is 3.40. The van der Waals surface area contributed by atoms with Crippen molar-refractivity contribution in [3.63, 3.8) is 0 Å². The van der Waals surface area contributed by atoms with Gasteiger partial charge in [-0.2, -0.15) is 0 Å². The van der Waals surface area contributed by atoms with Gasteiger partial charge in [0.05, 0.1) is 5.69 Å². The summed E-state index contributed by atoms with van der Waals surface area (Å²) in [5.41, 5.74) is 3.83. The summed E-state index contributed by atoms with van der Waals surface area (Å²) in [6.45, 7) is 1.97. The maximum atomic E-state index is 13.4. The van der Waals surface area contributed by atoms with Gasteiger partial charge in [-0.1, -0.05) is 40.2 Å². The van der Waals surface area contributed by atoms with Crippen molar-refractivity contribution >= 4 is 27.3 Å². The third-order valence-electron chi connectivity index (χ3n) is 3.08. The number of thiazole rings is 1. The second-order valence-corrected chi connectivity index (χ2v) is 6.19. The molecule has 0 aliphatic carbocycles. The Balaban J connectivity index is 2.07. The molecule has 3 aromatic rings. The van der Waals surface area contributed by atoms with Gasteiger partial charge in [-0.3, -0.25) is 0 Å². The van der Waals surface area contributed by atoms with Crippen molar-refractivity contribution in [1.82, 2.24) is 4.98 Å². The lowest BCUT2D eigenvalue weighted by Crippen LogP contribution is -1.85. The molecule has 2 aromatic carbocycles. The van der Waals surface area contributed by atoms with Crippen molar-refractivity contribution in [2.24, 2.45) is 0 Å². The van der Waals surface area contributed by atoms with Gasteiger partial charge in [-0.05, 0) is 30.7 Å². The topological polar surface area (TPSA) is 12.9 Å².